The van der Waals surface area contributed by atoms with Gasteiger partial charge in [-0.25, -0.2) is 0 Å². The van der Waals surface area contributed by atoms with Crippen LogP contribution in [0.1, 0.15) is 12.0 Å². The molecule has 0 aliphatic carbocycles. The summed E-state index contributed by atoms with van der Waals surface area (Å²) < 4.78 is 2.12. The molecule has 1 saturated heterocycles. The highest BCUT2D eigenvalue weighted by molar-refractivity contribution is 7.99. The van der Waals surface area contributed by atoms with Gasteiger partial charge in [0.2, 0.25) is 5.91 Å². The molecule has 130 valence electrons. The Balaban J connectivity index is 1.81. The van der Waals surface area contributed by atoms with E-state index in [4.69, 9.17) is 0 Å². The SMILES string of the molecule is CN(C)CC1CSCCCN1C(=O)Cc1cn(C)c2ccccc12. The molecule has 1 aliphatic heterocycles. The number of hydrogen-bond acceptors (Lipinski definition) is 3. The smallest absolute Gasteiger partial charge is 0.227 e. The third-order valence-electron chi connectivity index (χ3n) is 4.66. The first-order valence-corrected chi connectivity index (χ1v) is 9.76. The molecule has 2 aromatic rings. The van der Waals surface area contributed by atoms with Crippen molar-refractivity contribution in [1.82, 2.24) is 14.4 Å². The van der Waals surface area contributed by atoms with Gasteiger partial charge in [-0.15, -0.1) is 0 Å². The predicted octanol–water partition coefficient (Wildman–Crippen LogP) is 2.62. The molecule has 24 heavy (non-hydrogen) atoms. The van der Waals surface area contributed by atoms with Crippen LogP contribution < -0.4 is 0 Å². The number of nitrogens with zero attached hydrogens (tertiary/aromatic N) is 3. The van der Waals surface area contributed by atoms with Crippen LogP contribution >= 0.6 is 11.8 Å². The molecule has 0 saturated carbocycles. The van der Waals surface area contributed by atoms with Crippen molar-refractivity contribution in [2.75, 3.05) is 38.7 Å². The largest absolute Gasteiger partial charge is 0.350 e. The highest BCUT2D eigenvalue weighted by atomic mass is 32.2. The van der Waals surface area contributed by atoms with Gasteiger partial charge in [-0.05, 0) is 37.9 Å². The third-order valence-corrected chi connectivity index (χ3v) is 5.85. The molecule has 1 atom stereocenters. The van der Waals surface area contributed by atoms with Gasteiger partial charge >= 0.3 is 0 Å². The van der Waals surface area contributed by atoms with E-state index in [1.807, 2.05) is 30.9 Å². The number of rotatable bonds is 4. The number of thioether (sulfide) groups is 1. The van der Waals surface area contributed by atoms with E-state index >= 15 is 0 Å². The Hall–Kier alpha value is -1.46. The Bertz CT molecular complexity index is 710. The molecule has 1 aromatic heterocycles. The standard InChI is InChI=1S/C19H27N3OS/c1-20(2)13-16-14-24-10-6-9-22(16)19(23)11-15-12-21(3)18-8-5-4-7-17(15)18/h4-5,7-8,12,16H,6,9-11,13-14H2,1-3H3. The Morgan fingerprint density at radius 2 is 2.12 bits per heavy atom. The summed E-state index contributed by atoms with van der Waals surface area (Å²) in [6.07, 6.45) is 3.70. The average Bonchev–Trinajstić information content (AvgIpc) is 2.72. The highest BCUT2D eigenvalue weighted by Gasteiger charge is 2.26. The first-order chi connectivity index (χ1) is 11.6. The van der Waals surface area contributed by atoms with Crippen LogP contribution in [-0.4, -0.2) is 65.0 Å². The molecule has 0 bridgehead atoms. The summed E-state index contributed by atoms with van der Waals surface area (Å²) in [5, 5.41) is 1.20. The fourth-order valence-corrected chi connectivity index (χ4v) is 4.62. The van der Waals surface area contributed by atoms with Gasteiger partial charge in [0.1, 0.15) is 0 Å². The molecular weight excluding hydrogens is 318 g/mol. The summed E-state index contributed by atoms with van der Waals surface area (Å²) in [4.78, 5) is 17.4. The lowest BCUT2D eigenvalue weighted by atomic mass is 10.1. The number of benzene rings is 1. The Labute approximate surface area is 148 Å². The lowest BCUT2D eigenvalue weighted by molar-refractivity contribution is -0.132. The molecule has 0 spiro atoms. The number of carbonyl (C=O) groups is 1. The van der Waals surface area contributed by atoms with Gasteiger partial charge in [0.05, 0.1) is 12.5 Å². The van der Waals surface area contributed by atoms with Gasteiger partial charge in [0.15, 0.2) is 0 Å². The number of likely N-dealkylation sites (N-methyl/N-ethyl adjacent to an activating group) is 1. The van der Waals surface area contributed by atoms with Crippen molar-refractivity contribution in [3.8, 4) is 0 Å². The van der Waals surface area contributed by atoms with Crippen LogP contribution in [0.3, 0.4) is 0 Å². The Morgan fingerprint density at radius 1 is 1.33 bits per heavy atom. The van der Waals surface area contributed by atoms with Crippen molar-refractivity contribution in [3.05, 3.63) is 36.0 Å². The average molecular weight is 346 g/mol. The fraction of sp³-hybridized carbons (Fsp3) is 0.526. The maximum absolute atomic E-state index is 13.1. The van der Waals surface area contributed by atoms with Crippen LogP contribution in [0, 0.1) is 0 Å². The molecule has 1 amide bonds. The van der Waals surface area contributed by atoms with E-state index in [9.17, 15) is 4.79 Å². The van der Waals surface area contributed by atoms with Crippen LogP contribution in [0.2, 0.25) is 0 Å². The molecule has 0 radical (unpaired) electrons. The zero-order valence-electron chi connectivity index (χ0n) is 14.9. The summed E-state index contributed by atoms with van der Waals surface area (Å²) in [5.41, 5.74) is 2.33. The van der Waals surface area contributed by atoms with Gasteiger partial charge in [-0.3, -0.25) is 4.79 Å². The third kappa shape index (κ3) is 3.78. The van der Waals surface area contributed by atoms with Crippen molar-refractivity contribution in [2.45, 2.75) is 18.9 Å². The van der Waals surface area contributed by atoms with Crippen LogP contribution in [0.25, 0.3) is 10.9 Å². The molecule has 1 aliphatic rings. The molecular formula is C19H27N3OS. The van der Waals surface area contributed by atoms with Gasteiger partial charge in [0.25, 0.3) is 0 Å². The lowest BCUT2D eigenvalue weighted by Gasteiger charge is -2.31. The van der Waals surface area contributed by atoms with E-state index in [0.717, 1.165) is 36.6 Å². The van der Waals surface area contributed by atoms with Crippen molar-refractivity contribution in [3.63, 3.8) is 0 Å². The number of para-hydroxylation sites is 1. The molecule has 1 unspecified atom stereocenters. The molecule has 0 N–H and O–H groups in total. The molecule has 3 rings (SSSR count). The minimum Gasteiger partial charge on any atom is -0.350 e. The molecule has 2 heterocycles. The summed E-state index contributed by atoms with van der Waals surface area (Å²) in [6.45, 7) is 1.82. The van der Waals surface area contributed by atoms with Gasteiger partial charge in [-0.2, -0.15) is 11.8 Å². The Kier molecular flexibility index (Phi) is 5.51. The molecule has 1 aromatic carbocycles. The number of fused-ring (bicyclic) bond motifs is 1. The van der Waals surface area contributed by atoms with Crippen molar-refractivity contribution in [1.29, 1.82) is 0 Å². The molecule has 5 heteroatoms. The first kappa shape index (κ1) is 17.4. The summed E-state index contributed by atoms with van der Waals surface area (Å²) in [6, 6.07) is 8.64. The predicted molar refractivity (Wildman–Crippen MR) is 103 cm³/mol. The highest BCUT2D eigenvalue weighted by Crippen LogP contribution is 2.23. The number of aromatic nitrogens is 1. The number of carbonyl (C=O) groups excluding carboxylic acids is 1. The maximum Gasteiger partial charge on any atom is 0.227 e. The zero-order valence-corrected chi connectivity index (χ0v) is 15.7. The van der Waals surface area contributed by atoms with E-state index in [1.54, 1.807) is 0 Å². The molecule has 4 nitrogen and oxygen atoms in total. The summed E-state index contributed by atoms with van der Waals surface area (Å²) >= 11 is 1.98. The van der Waals surface area contributed by atoms with E-state index < -0.39 is 0 Å². The maximum atomic E-state index is 13.1. The van der Waals surface area contributed by atoms with Gasteiger partial charge in [0, 0.05) is 43.0 Å². The van der Waals surface area contributed by atoms with Gasteiger partial charge in [-0.1, -0.05) is 18.2 Å². The van der Waals surface area contributed by atoms with E-state index in [1.165, 1.54) is 10.9 Å². The van der Waals surface area contributed by atoms with Crippen LogP contribution in [-0.2, 0) is 18.3 Å². The minimum atomic E-state index is 0.265. The van der Waals surface area contributed by atoms with Crippen LogP contribution in [0.5, 0.6) is 0 Å². The van der Waals surface area contributed by atoms with Crippen LogP contribution in [0.4, 0.5) is 0 Å². The van der Waals surface area contributed by atoms with E-state index in [2.05, 4.69) is 46.8 Å². The van der Waals surface area contributed by atoms with Crippen LogP contribution in [0.15, 0.2) is 30.5 Å². The number of amides is 1. The lowest BCUT2D eigenvalue weighted by Crippen LogP contribution is -2.47. The summed E-state index contributed by atoms with van der Waals surface area (Å²) in [5.74, 6) is 2.46. The minimum absolute atomic E-state index is 0.265. The fourth-order valence-electron chi connectivity index (χ4n) is 3.56. The van der Waals surface area contributed by atoms with Crippen molar-refractivity contribution < 1.29 is 4.79 Å². The molecule has 1 fully saturated rings. The van der Waals surface area contributed by atoms with Crippen molar-refractivity contribution in [2.24, 2.45) is 7.05 Å². The van der Waals surface area contributed by atoms with E-state index in [0.29, 0.717) is 12.5 Å². The number of hydrogen-bond donors (Lipinski definition) is 0. The second-order valence-electron chi connectivity index (χ2n) is 6.89. The van der Waals surface area contributed by atoms with Crippen molar-refractivity contribution >= 4 is 28.6 Å². The number of aryl methyl sites for hydroxylation is 1. The normalized spacial score (nSPS) is 19.0. The second kappa shape index (κ2) is 7.62. The first-order valence-electron chi connectivity index (χ1n) is 8.61. The second-order valence-corrected chi connectivity index (χ2v) is 8.04. The van der Waals surface area contributed by atoms with Gasteiger partial charge < -0.3 is 14.4 Å². The Morgan fingerprint density at radius 3 is 2.92 bits per heavy atom. The topological polar surface area (TPSA) is 28.5 Å². The van der Waals surface area contributed by atoms with E-state index in [-0.39, 0.29) is 5.91 Å². The zero-order chi connectivity index (χ0) is 17.1. The quantitative estimate of drug-likeness (QED) is 0.853. The summed E-state index contributed by atoms with van der Waals surface area (Å²) in [7, 11) is 6.22. The monoisotopic (exact) mass is 345 g/mol.